The molecule has 12 nitrogen and oxygen atoms in total. The first-order chi connectivity index (χ1) is 27.3. The number of ether oxygens (including phenoxy) is 1. The summed E-state index contributed by atoms with van der Waals surface area (Å²) in [7, 11) is 0. The zero-order valence-electron chi connectivity index (χ0n) is 30.4. The van der Waals surface area contributed by atoms with E-state index in [0.29, 0.717) is 40.4 Å². The van der Waals surface area contributed by atoms with Gasteiger partial charge in [-0.15, -0.1) is 0 Å². The SMILES string of the molecule is N#Cc1cncc(COc2cc(Cn3ncc4c(-c5cccc(-c6ccc(CNC[C@@H]7CCC(=O)N7)cc6)c5)cccc43)c(Cl)cc2CN[C@@H](CO)C(=O)O)c1. The predicted octanol–water partition coefficient (Wildman–Crippen LogP) is 5.82. The van der Waals surface area contributed by atoms with Crippen LogP contribution in [0.2, 0.25) is 5.02 Å². The van der Waals surface area contributed by atoms with Gasteiger partial charge in [0.2, 0.25) is 5.91 Å². The number of nitriles is 1. The van der Waals surface area contributed by atoms with Crippen LogP contribution in [-0.4, -0.2) is 62.1 Å². The number of amides is 1. The average molecular weight is 770 g/mol. The van der Waals surface area contributed by atoms with Crippen molar-refractivity contribution >= 4 is 34.4 Å². The summed E-state index contributed by atoms with van der Waals surface area (Å²) in [6.45, 7) is 1.40. The van der Waals surface area contributed by atoms with Crippen LogP contribution in [0.1, 0.15) is 40.7 Å². The molecule has 0 radical (unpaired) electrons. The number of nitrogens with one attached hydrogen (secondary N) is 3. The molecular formula is C43H40ClN7O5. The second kappa shape index (κ2) is 17.6. The lowest BCUT2D eigenvalue weighted by molar-refractivity contribution is -0.140. The second-order valence-corrected chi connectivity index (χ2v) is 14.1. The molecule has 56 heavy (non-hydrogen) atoms. The number of carbonyl (C=O) groups excluding carboxylic acids is 1. The standard InChI is InChI=1S/C43H40ClN7O5/c44-38-15-33(21-48-39(25-52)43(54)55)41(56-26-29-13-28(17-45)19-46-20-29)16-34(38)24-51-40-6-2-5-36(37(40)23-49-51)32-4-1-3-31(14-32)30-9-7-27(8-10-30)18-47-22-35-11-12-42(53)50-35/h1-10,13-16,19-20,23,35,39,47-48,52H,11-12,18,21-22,24-26H2,(H,50,53)(H,54,55)/t35-,39-/m0/s1. The topological polar surface area (TPSA) is 174 Å². The zero-order valence-corrected chi connectivity index (χ0v) is 31.2. The maximum atomic E-state index is 11.6. The lowest BCUT2D eigenvalue weighted by atomic mass is 9.97. The van der Waals surface area contributed by atoms with E-state index in [0.717, 1.165) is 58.2 Å². The Balaban J connectivity index is 1.10. The number of hydrogen-bond acceptors (Lipinski definition) is 9. The van der Waals surface area contributed by atoms with E-state index in [1.807, 2.05) is 29.1 Å². The number of rotatable bonds is 16. The van der Waals surface area contributed by atoms with Gasteiger partial charge in [0.25, 0.3) is 0 Å². The van der Waals surface area contributed by atoms with Crippen LogP contribution in [-0.2, 0) is 35.8 Å². The quantitative estimate of drug-likeness (QED) is 0.0807. The molecule has 5 N–H and O–H groups in total. The molecule has 1 amide bonds. The summed E-state index contributed by atoms with van der Waals surface area (Å²) in [5, 5.41) is 43.8. The summed E-state index contributed by atoms with van der Waals surface area (Å²) >= 11 is 6.85. The van der Waals surface area contributed by atoms with Gasteiger partial charge < -0.3 is 25.6 Å². The van der Waals surface area contributed by atoms with Crippen molar-refractivity contribution in [2.24, 2.45) is 0 Å². The van der Waals surface area contributed by atoms with Gasteiger partial charge in [-0.25, -0.2) is 0 Å². The highest BCUT2D eigenvalue weighted by Gasteiger charge is 2.21. The third-order valence-corrected chi connectivity index (χ3v) is 10.2. The zero-order chi connectivity index (χ0) is 39.0. The van der Waals surface area contributed by atoms with Gasteiger partial charge in [0, 0.05) is 66.0 Å². The van der Waals surface area contributed by atoms with Gasteiger partial charge in [0.1, 0.15) is 24.5 Å². The Morgan fingerprint density at radius 1 is 0.982 bits per heavy atom. The Hall–Kier alpha value is -6.10. The number of pyridine rings is 1. The highest BCUT2D eigenvalue weighted by atomic mass is 35.5. The van der Waals surface area contributed by atoms with Crippen molar-refractivity contribution in [2.75, 3.05) is 13.2 Å². The van der Waals surface area contributed by atoms with E-state index in [1.54, 1.807) is 18.3 Å². The minimum atomic E-state index is -1.18. The fourth-order valence-electron chi connectivity index (χ4n) is 6.83. The number of aliphatic hydroxyl groups is 1. The smallest absolute Gasteiger partial charge is 0.323 e. The number of aromatic nitrogens is 3. The summed E-state index contributed by atoms with van der Waals surface area (Å²) in [4.78, 5) is 27.1. The Kier molecular flexibility index (Phi) is 12.0. The molecule has 0 spiro atoms. The van der Waals surface area contributed by atoms with Crippen LogP contribution >= 0.6 is 11.6 Å². The molecule has 0 bridgehead atoms. The van der Waals surface area contributed by atoms with E-state index >= 15 is 0 Å². The molecule has 2 atom stereocenters. The van der Waals surface area contributed by atoms with E-state index in [1.165, 1.54) is 11.8 Å². The van der Waals surface area contributed by atoms with Gasteiger partial charge in [-0.3, -0.25) is 24.6 Å². The Morgan fingerprint density at radius 3 is 2.57 bits per heavy atom. The number of carbonyl (C=O) groups is 2. The Labute approximate surface area is 328 Å². The van der Waals surface area contributed by atoms with Crippen molar-refractivity contribution < 1.29 is 24.5 Å². The fourth-order valence-corrected chi connectivity index (χ4v) is 7.07. The van der Waals surface area contributed by atoms with Crippen LogP contribution in [0.3, 0.4) is 0 Å². The first kappa shape index (κ1) is 38.2. The van der Waals surface area contributed by atoms with Gasteiger partial charge >= 0.3 is 5.97 Å². The number of aliphatic hydroxyl groups excluding tert-OH is 1. The van der Waals surface area contributed by atoms with Gasteiger partial charge in [-0.2, -0.15) is 10.4 Å². The van der Waals surface area contributed by atoms with Gasteiger partial charge in [0.05, 0.1) is 30.4 Å². The molecule has 13 heteroatoms. The highest BCUT2D eigenvalue weighted by Crippen LogP contribution is 2.34. The number of carboxylic acids is 1. The highest BCUT2D eigenvalue weighted by molar-refractivity contribution is 6.31. The number of carboxylic acid groups (broad SMARTS) is 1. The van der Waals surface area contributed by atoms with Crippen LogP contribution in [0.4, 0.5) is 0 Å². The van der Waals surface area contributed by atoms with Crippen molar-refractivity contribution in [3.63, 3.8) is 0 Å². The molecule has 4 aromatic carbocycles. The largest absolute Gasteiger partial charge is 0.489 e. The molecular weight excluding hydrogens is 730 g/mol. The fraction of sp³-hybridized carbons (Fsp3) is 0.233. The molecule has 6 aromatic rings. The van der Waals surface area contributed by atoms with E-state index < -0.39 is 18.6 Å². The molecule has 1 saturated heterocycles. The summed E-state index contributed by atoms with van der Waals surface area (Å²) in [5.41, 5.74) is 8.80. The minimum absolute atomic E-state index is 0.0696. The molecule has 1 aliphatic rings. The predicted molar refractivity (Wildman–Crippen MR) is 213 cm³/mol. The number of halogens is 1. The third-order valence-electron chi connectivity index (χ3n) is 9.84. The minimum Gasteiger partial charge on any atom is -0.489 e. The Bertz CT molecular complexity index is 2410. The van der Waals surface area contributed by atoms with E-state index in [2.05, 4.69) is 81.6 Å². The summed E-state index contributed by atoms with van der Waals surface area (Å²) < 4.78 is 8.10. The Morgan fingerprint density at radius 2 is 1.80 bits per heavy atom. The van der Waals surface area contributed by atoms with Gasteiger partial charge in [0.15, 0.2) is 0 Å². The molecule has 0 aliphatic carbocycles. The van der Waals surface area contributed by atoms with Crippen molar-refractivity contribution in [3.05, 3.63) is 136 Å². The van der Waals surface area contributed by atoms with E-state index in [-0.39, 0.29) is 25.1 Å². The molecule has 1 aliphatic heterocycles. The van der Waals surface area contributed by atoms with Gasteiger partial charge in [-0.05, 0) is 70.1 Å². The van der Waals surface area contributed by atoms with Crippen LogP contribution < -0.4 is 20.7 Å². The number of aliphatic carboxylic acids is 1. The van der Waals surface area contributed by atoms with Crippen LogP contribution in [0.25, 0.3) is 33.2 Å². The monoisotopic (exact) mass is 769 g/mol. The molecule has 0 unspecified atom stereocenters. The molecule has 0 saturated carbocycles. The number of hydrogen-bond donors (Lipinski definition) is 5. The van der Waals surface area contributed by atoms with Crippen LogP contribution in [0.5, 0.6) is 5.75 Å². The molecule has 7 rings (SSSR count). The van der Waals surface area contributed by atoms with Crippen LogP contribution in [0.15, 0.2) is 104 Å². The first-order valence-corrected chi connectivity index (χ1v) is 18.6. The maximum absolute atomic E-state index is 11.6. The van der Waals surface area contributed by atoms with E-state index in [9.17, 15) is 25.1 Å². The summed E-state index contributed by atoms with van der Waals surface area (Å²) in [6.07, 6.45) is 6.42. The number of benzene rings is 4. The molecule has 3 heterocycles. The molecule has 2 aromatic heterocycles. The summed E-state index contributed by atoms with van der Waals surface area (Å²) in [6, 6.07) is 29.4. The maximum Gasteiger partial charge on any atom is 0.323 e. The lowest BCUT2D eigenvalue weighted by Crippen LogP contribution is -2.39. The van der Waals surface area contributed by atoms with Gasteiger partial charge in [-0.1, -0.05) is 66.2 Å². The number of nitrogens with zero attached hydrogens (tertiary/aromatic N) is 4. The summed E-state index contributed by atoms with van der Waals surface area (Å²) in [5.74, 6) is -0.597. The van der Waals surface area contributed by atoms with Crippen molar-refractivity contribution in [2.45, 2.75) is 51.2 Å². The van der Waals surface area contributed by atoms with Crippen molar-refractivity contribution in [1.29, 1.82) is 5.26 Å². The third kappa shape index (κ3) is 9.05. The van der Waals surface area contributed by atoms with Crippen molar-refractivity contribution in [1.82, 2.24) is 30.7 Å². The van der Waals surface area contributed by atoms with Crippen LogP contribution in [0, 0.1) is 11.3 Å². The number of fused-ring (bicyclic) bond motifs is 1. The molecule has 1 fully saturated rings. The first-order valence-electron chi connectivity index (χ1n) is 18.3. The molecule has 284 valence electrons. The normalized spacial score (nSPS) is 14.4. The lowest BCUT2D eigenvalue weighted by Gasteiger charge is -2.18. The second-order valence-electron chi connectivity index (χ2n) is 13.7. The van der Waals surface area contributed by atoms with Crippen molar-refractivity contribution in [3.8, 4) is 34.1 Å². The average Bonchev–Trinajstić information content (AvgIpc) is 3.84. The van der Waals surface area contributed by atoms with E-state index in [4.69, 9.17) is 21.4 Å².